The maximum Gasteiger partial charge on any atom is 0.233 e. The zero-order valence-corrected chi connectivity index (χ0v) is 25.2. The molecule has 1 aromatic heterocycles. The first kappa shape index (κ1) is 29.1. The fourth-order valence-electron chi connectivity index (χ4n) is 5.09. The number of aromatic nitrogens is 3. The number of benzene rings is 3. The van der Waals surface area contributed by atoms with Gasteiger partial charge in [0.25, 0.3) is 0 Å². The SMILES string of the molecule is Cc1ccc(C2CC(c3ccc(Nc4nc(NCCO)nc(N5CCOCC5)n4)cc3)=NN2c2cc(Cl)cc(Cl)c2)cc1. The van der Waals surface area contributed by atoms with Crippen LogP contribution in [0.2, 0.25) is 10.0 Å². The molecule has 1 atom stereocenters. The maximum atomic E-state index is 9.26. The largest absolute Gasteiger partial charge is 0.395 e. The molecule has 0 radical (unpaired) electrons. The number of halogens is 2. The lowest BCUT2D eigenvalue weighted by molar-refractivity contribution is 0.122. The summed E-state index contributed by atoms with van der Waals surface area (Å²) in [5, 5.41) is 23.8. The Morgan fingerprint density at radius 2 is 1.60 bits per heavy atom. The third-order valence-electron chi connectivity index (χ3n) is 7.27. The molecule has 1 unspecified atom stereocenters. The highest BCUT2D eigenvalue weighted by Gasteiger charge is 2.30. The van der Waals surface area contributed by atoms with Crippen LogP contribution in [0.3, 0.4) is 0 Å². The molecule has 0 amide bonds. The number of rotatable bonds is 9. The van der Waals surface area contributed by atoms with Gasteiger partial charge in [0.2, 0.25) is 17.8 Å². The topological polar surface area (TPSA) is 111 Å². The van der Waals surface area contributed by atoms with E-state index < -0.39 is 0 Å². The molecule has 3 aromatic carbocycles. The van der Waals surface area contributed by atoms with Gasteiger partial charge in [-0.05, 0) is 48.4 Å². The first-order chi connectivity index (χ1) is 20.9. The van der Waals surface area contributed by atoms with Gasteiger partial charge in [0.15, 0.2) is 0 Å². The van der Waals surface area contributed by atoms with Crippen LogP contribution in [0.15, 0.2) is 71.8 Å². The number of ether oxygens (including phenoxy) is 1. The van der Waals surface area contributed by atoms with Crippen LogP contribution in [0.4, 0.5) is 29.2 Å². The number of aryl methyl sites for hydroxylation is 1. The summed E-state index contributed by atoms with van der Waals surface area (Å²) in [5.74, 6) is 1.36. The van der Waals surface area contributed by atoms with Gasteiger partial charge in [-0.25, -0.2) is 0 Å². The molecule has 0 bridgehead atoms. The Labute approximate surface area is 260 Å². The van der Waals surface area contributed by atoms with Crippen molar-refractivity contribution in [3.8, 4) is 0 Å². The first-order valence-corrected chi connectivity index (χ1v) is 14.9. The predicted octanol–water partition coefficient (Wildman–Crippen LogP) is 5.83. The molecule has 12 heteroatoms. The molecular formula is C31H32Cl2N8O2. The minimum absolute atomic E-state index is 0.00314. The van der Waals surface area contributed by atoms with Crippen molar-refractivity contribution in [2.24, 2.45) is 5.10 Å². The van der Waals surface area contributed by atoms with Crippen molar-refractivity contribution in [3.63, 3.8) is 0 Å². The van der Waals surface area contributed by atoms with Gasteiger partial charge in [-0.15, -0.1) is 0 Å². The van der Waals surface area contributed by atoms with Gasteiger partial charge in [0.05, 0.1) is 37.3 Å². The number of hydrogen-bond acceptors (Lipinski definition) is 10. The Morgan fingerprint density at radius 1 is 0.907 bits per heavy atom. The van der Waals surface area contributed by atoms with Crippen molar-refractivity contribution in [1.29, 1.82) is 0 Å². The summed E-state index contributed by atoms with van der Waals surface area (Å²) in [6, 6.07) is 22.1. The third-order valence-corrected chi connectivity index (χ3v) is 7.71. The van der Waals surface area contributed by atoms with E-state index >= 15 is 0 Å². The van der Waals surface area contributed by atoms with Crippen LogP contribution < -0.4 is 20.5 Å². The number of nitrogens with zero attached hydrogens (tertiary/aromatic N) is 6. The zero-order chi connectivity index (χ0) is 29.8. The average Bonchev–Trinajstić information content (AvgIpc) is 3.46. The van der Waals surface area contributed by atoms with E-state index in [1.807, 2.05) is 41.4 Å². The number of anilines is 5. The molecule has 3 N–H and O–H groups in total. The molecule has 2 aliphatic rings. The number of hydrazone groups is 1. The van der Waals surface area contributed by atoms with Crippen molar-refractivity contribution in [2.45, 2.75) is 19.4 Å². The minimum Gasteiger partial charge on any atom is -0.395 e. The highest BCUT2D eigenvalue weighted by Crippen LogP contribution is 2.39. The Hall–Kier alpha value is -3.96. The van der Waals surface area contributed by atoms with Gasteiger partial charge in [0.1, 0.15) is 0 Å². The van der Waals surface area contributed by atoms with Crippen LogP contribution in [0.25, 0.3) is 0 Å². The Balaban J connectivity index is 1.25. The van der Waals surface area contributed by atoms with Crippen molar-refractivity contribution < 1.29 is 9.84 Å². The van der Waals surface area contributed by atoms with Gasteiger partial charge in [-0.1, -0.05) is 65.2 Å². The lowest BCUT2D eigenvalue weighted by Gasteiger charge is -2.27. The van der Waals surface area contributed by atoms with Gasteiger partial charge >= 0.3 is 0 Å². The summed E-state index contributed by atoms with van der Waals surface area (Å²) in [4.78, 5) is 15.7. The van der Waals surface area contributed by atoms with E-state index in [2.05, 4.69) is 61.7 Å². The molecule has 0 aliphatic carbocycles. The van der Waals surface area contributed by atoms with Crippen molar-refractivity contribution >= 4 is 58.1 Å². The predicted molar refractivity (Wildman–Crippen MR) is 172 cm³/mol. The molecule has 3 heterocycles. The molecule has 1 fully saturated rings. The smallest absolute Gasteiger partial charge is 0.233 e. The average molecular weight is 620 g/mol. The van der Waals surface area contributed by atoms with E-state index in [0.717, 1.165) is 34.6 Å². The molecule has 6 rings (SSSR count). The fourth-order valence-corrected chi connectivity index (χ4v) is 5.60. The highest BCUT2D eigenvalue weighted by atomic mass is 35.5. The summed E-state index contributed by atoms with van der Waals surface area (Å²) < 4.78 is 5.47. The second-order valence-corrected chi connectivity index (χ2v) is 11.3. The number of morpholine rings is 1. The van der Waals surface area contributed by atoms with Crippen molar-refractivity contribution in [1.82, 2.24) is 15.0 Å². The van der Waals surface area contributed by atoms with Crippen LogP contribution in [-0.4, -0.2) is 65.2 Å². The fraction of sp³-hybridized carbons (Fsp3) is 0.290. The van der Waals surface area contributed by atoms with E-state index in [1.165, 1.54) is 5.56 Å². The van der Waals surface area contributed by atoms with Crippen LogP contribution in [0, 0.1) is 6.92 Å². The van der Waals surface area contributed by atoms with E-state index in [4.69, 9.17) is 33.0 Å². The molecule has 2 aliphatic heterocycles. The Morgan fingerprint density at radius 3 is 2.30 bits per heavy atom. The monoisotopic (exact) mass is 618 g/mol. The second kappa shape index (κ2) is 13.1. The van der Waals surface area contributed by atoms with Crippen molar-refractivity contribution in [2.75, 3.05) is 60.0 Å². The van der Waals surface area contributed by atoms with Gasteiger partial charge in [0, 0.05) is 41.8 Å². The molecule has 43 heavy (non-hydrogen) atoms. The molecular weight excluding hydrogens is 587 g/mol. The van der Waals surface area contributed by atoms with E-state index in [0.29, 0.717) is 60.7 Å². The molecule has 222 valence electrons. The van der Waals surface area contributed by atoms with Crippen LogP contribution in [0.1, 0.15) is 29.2 Å². The second-order valence-electron chi connectivity index (χ2n) is 10.4. The van der Waals surface area contributed by atoms with E-state index in [1.54, 1.807) is 6.07 Å². The van der Waals surface area contributed by atoms with Gasteiger partial charge in [-0.2, -0.15) is 20.1 Å². The maximum absolute atomic E-state index is 9.26. The van der Waals surface area contributed by atoms with Crippen LogP contribution >= 0.6 is 23.2 Å². The zero-order valence-electron chi connectivity index (χ0n) is 23.7. The Bertz CT molecular complexity index is 1570. The third kappa shape index (κ3) is 7.00. The Kier molecular flexibility index (Phi) is 8.90. The summed E-state index contributed by atoms with van der Waals surface area (Å²) >= 11 is 12.7. The van der Waals surface area contributed by atoms with E-state index in [-0.39, 0.29) is 12.6 Å². The summed E-state index contributed by atoms with van der Waals surface area (Å²) in [5.41, 5.74) is 5.99. The van der Waals surface area contributed by atoms with Crippen LogP contribution in [-0.2, 0) is 4.74 Å². The highest BCUT2D eigenvalue weighted by molar-refractivity contribution is 6.35. The standard InChI is InChI=1S/C31H32Cl2N8O2/c1-20-2-4-22(5-3-20)28-19-27(39-41(28)26-17-23(32)16-24(33)18-26)21-6-8-25(9-7-21)35-30-36-29(34-10-13-42)37-31(38-30)40-11-14-43-15-12-40/h2-9,16-18,28,42H,10-15,19H2,1H3,(H2,34,35,36,37,38). The number of hydrogen-bond donors (Lipinski definition) is 3. The lowest BCUT2D eigenvalue weighted by atomic mass is 9.97. The molecule has 4 aromatic rings. The van der Waals surface area contributed by atoms with Gasteiger partial charge < -0.3 is 25.4 Å². The first-order valence-electron chi connectivity index (χ1n) is 14.2. The van der Waals surface area contributed by atoms with Crippen LogP contribution in [0.5, 0.6) is 0 Å². The molecule has 1 saturated heterocycles. The normalized spacial score (nSPS) is 16.7. The van der Waals surface area contributed by atoms with Crippen molar-refractivity contribution in [3.05, 3.63) is 93.5 Å². The molecule has 0 saturated carbocycles. The number of aliphatic hydroxyl groups is 1. The minimum atomic E-state index is -0.0285. The summed E-state index contributed by atoms with van der Waals surface area (Å²) in [6.07, 6.45) is 0.718. The lowest BCUT2D eigenvalue weighted by Crippen LogP contribution is -2.37. The summed E-state index contributed by atoms with van der Waals surface area (Å²) in [6.45, 7) is 5.02. The molecule has 0 spiro atoms. The quantitative estimate of drug-likeness (QED) is 0.213. The number of aliphatic hydroxyl groups excluding tert-OH is 1. The summed E-state index contributed by atoms with van der Waals surface area (Å²) in [7, 11) is 0. The van der Waals surface area contributed by atoms with Gasteiger partial charge in [-0.3, -0.25) is 5.01 Å². The van der Waals surface area contributed by atoms with E-state index in [9.17, 15) is 5.11 Å². The molecule has 10 nitrogen and oxygen atoms in total. The number of nitrogens with one attached hydrogen (secondary N) is 2.